The third kappa shape index (κ3) is 6.12. The number of nitrogens with zero attached hydrogens (tertiary/aromatic N) is 10. The fraction of sp³-hybridized carbons (Fsp3) is 0.120. The molecule has 15 nitrogen and oxygen atoms in total. The Hall–Kier alpha value is -5.54. The van der Waals surface area contributed by atoms with E-state index >= 15 is 0 Å². The van der Waals surface area contributed by atoms with Crippen molar-refractivity contribution in [3.8, 4) is 17.2 Å². The molecule has 206 valence electrons. The molecule has 0 aliphatic carbocycles. The van der Waals surface area contributed by atoms with Crippen LogP contribution in [0.4, 0.5) is 0 Å². The number of rotatable bonds is 7. The third-order valence-corrected chi connectivity index (χ3v) is 5.79. The summed E-state index contributed by atoms with van der Waals surface area (Å²) >= 11 is 0. The van der Waals surface area contributed by atoms with Gasteiger partial charge in [0.05, 0.1) is 12.4 Å². The minimum atomic E-state index is -0.609. The SMILES string of the molecule is Cc1nnnn1/N=C/c1ccc(O)c(C(c2ccc(O)cc2)c2cc(/C=N/n3nnnc3C)ccc2O)c1.O.O. The lowest BCUT2D eigenvalue weighted by Crippen LogP contribution is -2.06. The number of benzene rings is 3. The second kappa shape index (κ2) is 12.3. The summed E-state index contributed by atoms with van der Waals surface area (Å²) in [6, 6.07) is 16.6. The maximum atomic E-state index is 10.9. The Morgan fingerprint density at radius 1 is 0.675 bits per heavy atom. The highest BCUT2D eigenvalue weighted by Crippen LogP contribution is 2.41. The second-order valence-corrected chi connectivity index (χ2v) is 8.38. The van der Waals surface area contributed by atoms with Crippen molar-refractivity contribution in [1.82, 2.24) is 40.6 Å². The van der Waals surface area contributed by atoms with Crippen LogP contribution in [0.25, 0.3) is 0 Å². The van der Waals surface area contributed by atoms with Crippen molar-refractivity contribution in [2.24, 2.45) is 10.2 Å². The minimum absolute atomic E-state index is 0. The number of tetrazole rings is 2. The monoisotopic (exact) mass is 546 g/mol. The molecule has 0 spiro atoms. The molecule has 0 saturated heterocycles. The summed E-state index contributed by atoms with van der Waals surface area (Å²) in [5.74, 6) is 0.548. The van der Waals surface area contributed by atoms with Crippen molar-refractivity contribution in [2.45, 2.75) is 19.8 Å². The summed E-state index contributed by atoms with van der Waals surface area (Å²) in [4.78, 5) is 2.57. The molecular weight excluding hydrogens is 520 g/mol. The van der Waals surface area contributed by atoms with Gasteiger partial charge in [0.15, 0.2) is 11.6 Å². The normalized spacial score (nSPS) is 11.2. The van der Waals surface area contributed by atoms with E-state index in [9.17, 15) is 15.3 Å². The van der Waals surface area contributed by atoms with Gasteiger partial charge in [0, 0.05) is 17.0 Å². The molecular formula is C25H26N10O5. The molecule has 0 fully saturated rings. The van der Waals surface area contributed by atoms with Crippen molar-refractivity contribution in [2.75, 3.05) is 0 Å². The number of phenols is 3. The summed E-state index contributed by atoms with van der Waals surface area (Å²) in [6.45, 7) is 3.44. The van der Waals surface area contributed by atoms with Crippen LogP contribution in [0.3, 0.4) is 0 Å². The Labute approximate surface area is 227 Å². The molecule has 2 heterocycles. The number of aromatic hydroxyl groups is 3. The molecule has 0 aliphatic heterocycles. The average Bonchev–Trinajstić information content (AvgIpc) is 3.52. The van der Waals surface area contributed by atoms with Gasteiger partial charge in [-0.05, 0) is 99.9 Å². The average molecular weight is 547 g/mol. The molecule has 7 N–H and O–H groups in total. The summed E-state index contributed by atoms with van der Waals surface area (Å²) in [5, 5.41) is 62.6. The van der Waals surface area contributed by atoms with E-state index in [1.165, 1.54) is 9.58 Å². The highest BCUT2D eigenvalue weighted by atomic mass is 16.3. The molecule has 0 radical (unpaired) electrons. The van der Waals surface area contributed by atoms with Gasteiger partial charge in [-0.2, -0.15) is 10.2 Å². The lowest BCUT2D eigenvalue weighted by Gasteiger charge is -2.22. The number of aryl methyl sites for hydroxylation is 2. The Kier molecular flexibility index (Phi) is 8.95. The first-order chi connectivity index (χ1) is 18.4. The van der Waals surface area contributed by atoms with Crippen LogP contribution in [0.5, 0.6) is 17.2 Å². The van der Waals surface area contributed by atoms with Gasteiger partial charge in [0.2, 0.25) is 0 Å². The molecule has 15 heteroatoms. The van der Waals surface area contributed by atoms with E-state index in [1.54, 1.807) is 86.9 Å². The molecule has 0 saturated carbocycles. The summed E-state index contributed by atoms with van der Waals surface area (Å²) < 4.78 is 0. The zero-order chi connectivity index (χ0) is 26.6. The van der Waals surface area contributed by atoms with E-state index in [2.05, 4.69) is 41.3 Å². The topological polar surface area (TPSA) is 236 Å². The molecule has 0 amide bonds. The van der Waals surface area contributed by atoms with Crippen LogP contribution < -0.4 is 0 Å². The van der Waals surface area contributed by atoms with Crippen LogP contribution in [0.1, 0.15) is 45.4 Å². The van der Waals surface area contributed by atoms with Crippen LogP contribution in [0.15, 0.2) is 70.9 Å². The standard InChI is InChI=1S/C25H22N10O3.2H2O/c1-15-28-30-32-34(15)26-13-17-3-9-23(37)21(11-17)25(19-5-7-20(36)8-6-19)22-12-18(4-10-24(22)38)14-27-35-16(2)29-31-33-35;;/h3-14,25,36-38H,1-2H3;2*1H2/b26-13+,27-14+;;. The summed E-state index contributed by atoms with van der Waals surface area (Å²) in [5.41, 5.74) is 3.08. The van der Waals surface area contributed by atoms with Gasteiger partial charge in [-0.1, -0.05) is 12.1 Å². The van der Waals surface area contributed by atoms with E-state index in [1.807, 2.05) is 0 Å². The van der Waals surface area contributed by atoms with E-state index in [0.29, 0.717) is 33.9 Å². The van der Waals surface area contributed by atoms with Crippen molar-refractivity contribution in [3.05, 3.63) is 100 Å². The molecule has 0 atom stereocenters. The van der Waals surface area contributed by atoms with Crippen molar-refractivity contribution >= 4 is 12.4 Å². The van der Waals surface area contributed by atoms with Crippen molar-refractivity contribution in [1.29, 1.82) is 0 Å². The zero-order valence-corrected chi connectivity index (χ0v) is 21.3. The Morgan fingerprint density at radius 3 is 1.52 bits per heavy atom. The van der Waals surface area contributed by atoms with Crippen LogP contribution in [-0.2, 0) is 0 Å². The summed E-state index contributed by atoms with van der Waals surface area (Å²) in [6.07, 6.45) is 3.13. The number of hydrogen-bond acceptors (Lipinski definition) is 11. The van der Waals surface area contributed by atoms with Gasteiger partial charge in [-0.15, -0.1) is 19.8 Å². The van der Waals surface area contributed by atoms with Crippen LogP contribution >= 0.6 is 0 Å². The van der Waals surface area contributed by atoms with Gasteiger partial charge in [-0.3, -0.25) is 0 Å². The number of hydrogen-bond donors (Lipinski definition) is 3. The van der Waals surface area contributed by atoms with E-state index < -0.39 is 5.92 Å². The van der Waals surface area contributed by atoms with Crippen LogP contribution in [-0.4, -0.2) is 79.3 Å². The highest BCUT2D eigenvalue weighted by Gasteiger charge is 2.24. The quantitative estimate of drug-likeness (QED) is 0.192. The molecule has 5 aromatic rings. The lowest BCUT2D eigenvalue weighted by atomic mass is 9.83. The molecule has 3 aromatic carbocycles. The fourth-order valence-electron chi connectivity index (χ4n) is 3.87. The second-order valence-electron chi connectivity index (χ2n) is 8.38. The van der Waals surface area contributed by atoms with E-state index in [0.717, 1.165) is 5.56 Å². The van der Waals surface area contributed by atoms with E-state index in [-0.39, 0.29) is 28.2 Å². The van der Waals surface area contributed by atoms with Crippen LogP contribution in [0, 0.1) is 13.8 Å². The maximum Gasteiger partial charge on any atom is 0.173 e. The van der Waals surface area contributed by atoms with Gasteiger partial charge < -0.3 is 26.3 Å². The first-order valence-corrected chi connectivity index (χ1v) is 11.4. The van der Waals surface area contributed by atoms with Gasteiger partial charge in [0.25, 0.3) is 0 Å². The molecule has 40 heavy (non-hydrogen) atoms. The van der Waals surface area contributed by atoms with Crippen LogP contribution in [0.2, 0.25) is 0 Å². The number of phenolic OH excluding ortho intramolecular Hbond substituents is 3. The minimum Gasteiger partial charge on any atom is -0.508 e. The molecule has 0 bridgehead atoms. The zero-order valence-electron chi connectivity index (χ0n) is 21.3. The smallest absolute Gasteiger partial charge is 0.173 e. The molecule has 5 rings (SSSR count). The number of aromatic nitrogens is 8. The third-order valence-electron chi connectivity index (χ3n) is 5.79. The predicted octanol–water partition coefficient (Wildman–Crippen LogP) is 0.688. The lowest BCUT2D eigenvalue weighted by molar-refractivity contribution is 0.458. The predicted molar refractivity (Wildman–Crippen MR) is 144 cm³/mol. The Morgan fingerprint density at radius 2 is 1.12 bits per heavy atom. The van der Waals surface area contributed by atoms with E-state index in [4.69, 9.17) is 0 Å². The van der Waals surface area contributed by atoms with Crippen molar-refractivity contribution < 1.29 is 26.3 Å². The highest BCUT2D eigenvalue weighted by molar-refractivity contribution is 5.82. The first-order valence-electron chi connectivity index (χ1n) is 11.4. The van der Waals surface area contributed by atoms with Gasteiger partial charge in [0.1, 0.15) is 17.2 Å². The summed E-state index contributed by atoms with van der Waals surface area (Å²) in [7, 11) is 0. The maximum absolute atomic E-state index is 10.9. The van der Waals surface area contributed by atoms with Gasteiger partial charge in [-0.25, -0.2) is 0 Å². The Balaban J connectivity index is 0.00000220. The first kappa shape index (κ1) is 29.0. The fourth-order valence-corrected chi connectivity index (χ4v) is 3.87. The van der Waals surface area contributed by atoms with Gasteiger partial charge >= 0.3 is 0 Å². The molecule has 0 unspecified atom stereocenters. The molecule has 2 aromatic heterocycles. The largest absolute Gasteiger partial charge is 0.508 e. The Bertz CT molecular complexity index is 1550. The molecule has 0 aliphatic rings. The van der Waals surface area contributed by atoms with Crippen molar-refractivity contribution in [3.63, 3.8) is 0 Å².